The Labute approximate surface area is 97.8 Å². The van der Waals surface area contributed by atoms with E-state index in [1.165, 1.54) is 9.77 Å². The Kier molecular flexibility index (Phi) is 3.64. The molecule has 2 aromatic heterocycles. The molecule has 78 valence electrons. The average molecular weight is 236 g/mol. The summed E-state index contributed by atoms with van der Waals surface area (Å²) < 4.78 is 1.35. The van der Waals surface area contributed by atoms with E-state index >= 15 is 0 Å². The zero-order valence-corrected chi connectivity index (χ0v) is 10.1. The number of thioether (sulfide) groups is 1. The van der Waals surface area contributed by atoms with Crippen LogP contribution < -0.4 is 5.32 Å². The third kappa shape index (κ3) is 2.97. The fraction of sp³-hybridized carbons (Fsp3) is 0.182. The monoisotopic (exact) mass is 236 g/mol. The van der Waals surface area contributed by atoms with Crippen LogP contribution in [0.15, 0.2) is 40.1 Å². The van der Waals surface area contributed by atoms with Gasteiger partial charge in [0.05, 0.1) is 4.21 Å². The van der Waals surface area contributed by atoms with Gasteiger partial charge < -0.3 is 5.32 Å². The highest BCUT2D eigenvalue weighted by Gasteiger charge is 1.97. The van der Waals surface area contributed by atoms with Crippen molar-refractivity contribution in [1.29, 1.82) is 0 Å². The summed E-state index contributed by atoms with van der Waals surface area (Å²) in [6.45, 7) is 0. The molecule has 0 aliphatic rings. The summed E-state index contributed by atoms with van der Waals surface area (Å²) in [5, 5.41) is 5.11. The first kappa shape index (κ1) is 10.5. The number of nitrogens with one attached hydrogen (secondary N) is 1. The van der Waals surface area contributed by atoms with E-state index in [0.717, 1.165) is 11.6 Å². The normalized spacial score (nSPS) is 10.2. The first-order chi connectivity index (χ1) is 7.38. The van der Waals surface area contributed by atoms with Gasteiger partial charge in [-0.3, -0.25) is 0 Å². The van der Waals surface area contributed by atoms with Gasteiger partial charge in [0, 0.05) is 19.0 Å². The van der Waals surface area contributed by atoms with E-state index in [2.05, 4.69) is 33.9 Å². The third-order valence-electron chi connectivity index (χ3n) is 1.96. The van der Waals surface area contributed by atoms with Crippen molar-refractivity contribution in [1.82, 2.24) is 4.98 Å². The second kappa shape index (κ2) is 5.19. The first-order valence-corrected chi connectivity index (χ1v) is 6.54. The van der Waals surface area contributed by atoms with E-state index in [9.17, 15) is 0 Å². The van der Waals surface area contributed by atoms with Gasteiger partial charge in [0.15, 0.2) is 0 Å². The van der Waals surface area contributed by atoms with E-state index < -0.39 is 0 Å². The lowest BCUT2D eigenvalue weighted by molar-refractivity contribution is 1.23. The highest BCUT2D eigenvalue weighted by atomic mass is 32.2. The molecule has 0 unspecified atom stereocenters. The molecule has 2 aromatic rings. The van der Waals surface area contributed by atoms with E-state index in [1.54, 1.807) is 11.3 Å². The van der Waals surface area contributed by atoms with Gasteiger partial charge in [0.25, 0.3) is 0 Å². The number of anilines is 1. The van der Waals surface area contributed by atoms with Gasteiger partial charge in [-0.25, -0.2) is 4.98 Å². The van der Waals surface area contributed by atoms with Crippen LogP contribution in [-0.4, -0.2) is 12.0 Å². The maximum atomic E-state index is 4.28. The number of rotatable bonds is 4. The standard InChI is InChI=1S/C11H12N2S2/c1-12-10-5-4-9(7-13-10)8-15-11-3-2-6-14-11/h2-7H,8H2,1H3,(H,12,13). The number of hydrogen-bond acceptors (Lipinski definition) is 4. The second-order valence-electron chi connectivity index (χ2n) is 3.02. The minimum atomic E-state index is 0.917. The molecule has 0 bridgehead atoms. The zero-order chi connectivity index (χ0) is 10.5. The van der Waals surface area contributed by atoms with Crippen molar-refractivity contribution in [2.24, 2.45) is 0 Å². The lowest BCUT2D eigenvalue weighted by atomic mass is 10.3. The first-order valence-electron chi connectivity index (χ1n) is 4.67. The van der Waals surface area contributed by atoms with E-state index in [4.69, 9.17) is 0 Å². The molecule has 0 aliphatic heterocycles. The van der Waals surface area contributed by atoms with Crippen molar-refractivity contribution in [2.45, 2.75) is 9.96 Å². The van der Waals surface area contributed by atoms with E-state index in [1.807, 2.05) is 31.1 Å². The van der Waals surface area contributed by atoms with Crippen LogP contribution in [0.1, 0.15) is 5.56 Å². The quantitative estimate of drug-likeness (QED) is 0.823. The average Bonchev–Trinajstić information content (AvgIpc) is 2.80. The molecule has 0 atom stereocenters. The largest absolute Gasteiger partial charge is 0.373 e. The number of nitrogens with zero attached hydrogens (tertiary/aromatic N) is 1. The van der Waals surface area contributed by atoms with Crippen molar-refractivity contribution in [3.63, 3.8) is 0 Å². The summed E-state index contributed by atoms with van der Waals surface area (Å²) in [7, 11) is 1.88. The van der Waals surface area contributed by atoms with Crippen LogP contribution >= 0.6 is 23.1 Å². The summed E-state index contributed by atoms with van der Waals surface area (Å²) in [6.07, 6.45) is 1.92. The van der Waals surface area contributed by atoms with Gasteiger partial charge >= 0.3 is 0 Å². The summed E-state index contributed by atoms with van der Waals surface area (Å²) in [4.78, 5) is 4.28. The molecule has 0 radical (unpaired) electrons. The summed E-state index contributed by atoms with van der Waals surface area (Å²) in [5.41, 5.74) is 1.26. The van der Waals surface area contributed by atoms with Crippen molar-refractivity contribution >= 4 is 28.9 Å². The third-order valence-corrected chi connectivity index (χ3v) is 4.16. The van der Waals surface area contributed by atoms with Crippen LogP contribution in [0.5, 0.6) is 0 Å². The molecule has 4 heteroatoms. The number of thiophene rings is 1. The van der Waals surface area contributed by atoms with Gasteiger partial charge in [0.1, 0.15) is 5.82 Å². The molecule has 0 aliphatic carbocycles. The van der Waals surface area contributed by atoms with E-state index in [0.29, 0.717) is 0 Å². The Hall–Kier alpha value is -1.00. The van der Waals surface area contributed by atoms with Crippen molar-refractivity contribution in [3.05, 3.63) is 41.4 Å². The smallest absolute Gasteiger partial charge is 0.125 e. The highest BCUT2D eigenvalue weighted by Crippen LogP contribution is 2.26. The molecule has 0 spiro atoms. The predicted molar refractivity (Wildman–Crippen MR) is 67.7 cm³/mol. The van der Waals surface area contributed by atoms with Gasteiger partial charge in [0.2, 0.25) is 0 Å². The molecule has 2 rings (SSSR count). The fourth-order valence-corrected chi connectivity index (χ4v) is 2.88. The Bertz CT molecular complexity index is 395. The molecule has 0 saturated heterocycles. The molecule has 2 heterocycles. The van der Waals surface area contributed by atoms with Crippen LogP contribution in [0.4, 0.5) is 5.82 Å². The van der Waals surface area contributed by atoms with Crippen molar-refractivity contribution < 1.29 is 0 Å². The summed E-state index contributed by atoms with van der Waals surface area (Å²) in [6, 6.07) is 8.34. The maximum Gasteiger partial charge on any atom is 0.125 e. The minimum absolute atomic E-state index is 0.917. The second-order valence-corrected chi connectivity index (χ2v) is 5.25. The molecule has 0 saturated carbocycles. The van der Waals surface area contributed by atoms with Gasteiger partial charge in [-0.15, -0.1) is 23.1 Å². The van der Waals surface area contributed by atoms with Gasteiger partial charge in [-0.1, -0.05) is 12.1 Å². The molecular weight excluding hydrogens is 224 g/mol. The molecule has 0 amide bonds. The molecular formula is C11H12N2S2. The number of aromatic nitrogens is 1. The number of pyridine rings is 1. The van der Waals surface area contributed by atoms with Crippen LogP contribution in [0.3, 0.4) is 0 Å². The van der Waals surface area contributed by atoms with Crippen LogP contribution in [-0.2, 0) is 5.75 Å². The van der Waals surface area contributed by atoms with Crippen molar-refractivity contribution in [3.8, 4) is 0 Å². The fourth-order valence-electron chi connectivity index (χ4n) is 1.16. The topological polar surface area (TPSA) is 24.9 Å². The zero-order valence-electron chi connectivity index (χ0n) is 8.43. The van der Waals surface area contributed by atoms with Crippen molar-refractivity contribution in [2.75, 3.05) is 12.4 Å². The van der Waals surface area contributed by atoms with Gasteiger partial charge in [-0.05, 0) is 23.1 Å². The molecule has 0 aromatic carbocycles. The SMILES string of the molecule is CNc1ccc(CSc2cccs2)cn1. The molecule has 1 N–H and O–H groups in total. The Morgan fingerprint density at radius 2 is 2.33 bits per heavy atom. The Morgan fingerprint density at radius 3 is 2.93 bits per heavy atom. The van der Waals surface area contributed by atoms with Gasteiger partial charge in [-0.2, -0.15) is 0 Å². The maximum absolute atomic E-state index is 4.28. The summed E-state index contributed by atoms with van der Waals surface area (Å²) >= 11 is 3.63. The predicted octanol–water partition coefficient (Wildman–Crippen LogP) is 3.48. The Balaban J connectivity index is 1.93. The highest BCUT2D eigenvalue weighted by molar-refractivity contribution is 8.00. The van der Waals surface area contributed by atoms with Crippen LogP contribution in [0.2, 0.25) is 0 Å². The molecule has 15 heavy (non-hydrogen) atoms. The molecule has 2 nitrogen and oxygen atoms in total. The minimum Gasteiger partial charge on any atom is -0.373 e. The summed E-state index contributed by atoms with van der Waals surface area (Å²) in [5.74, 6) is 1.90. The van der Waals surface area contributed by atoms with E-state index in [-0.39, 0.29) is 0 Å². The Morgan fingerprint density at radius 1 is 1.40 bits per heavy atom. The lowest BCUT2D eigenvalue weighted by Crippen LogP contribution is -1.92. The number of hydrogen-bond donors (Lipinski definition) is 1. The van der Waals surface area contributed by atoms with Crippen LogP contribution in [0.25, 0.3) is 0 Å². The molecule has 0 fully saturated rings. The lowest BCUT2D eigenvalue weighted by Gasteiger charge is -2.01. The van der Waals surface area contributed by atoms with Crippen LogP contribution in [0, 0.1) is 0 Å².